The van der Waals surface area contributed by atoms with Gasteiger partial charge in [0, 0.05) is 5.56 Å². The second kappa shape index (κ2) is 5.05. The third kappa shape index (κ3) is 3.10. The molecule has 1 heterocycles. The molecule has 2 rings (SSSR count). The van der Waals surface area contributed by atoms with Crippen LogP contribution in [-0.2, 0) is 6.54 Å². The van der Waals surface area contributed by atoms with Crippen LogP contribution in [0.1, 0.15) is 18.9 Å². The maximum absolute atomic E-state index is 9.18. The SMILES string of the molecule is Cc1ccc(-c2nnn(CC[C@H](C)O)n2)cc1. The molecule has 0 aliphatic carbocycles. The first-order valence-corrected chi connectivity index (χ1v) is 5.68. The molecule has 0 aliphatic heterocycles. The Labute approximate surface area is 100 Å². The van der Waals surface area contributed by atoms with Gasteiger partial charge in [-0.05, 0) is 25.5 Å². The topological polar surface area (TPSA) is 63.8 Å². The Bertz CT molecular complexity index is 476. The van der Waals surface area contributed by atoms with E-state index in [0.29, 0.717) is 18.8 Å². The Morgan fingerprint density at radius 3 is 2.65 bits per heavy atom. The van der Waals surface area contributed by atoms with Gasteiger partial charge in [0.2, 0.25) is 5.82 Å². The molecule has 1 aromatic carbocycles. The van der Waals surface area contributed by atoms with Crippen molar-refractivity contribution < 1.29 is 5.11 Å². The molecule has 0 saturated carbocycles. The van der Waals surface area contributed by atoms with E-state index in [1.807, 2.05) is 31.2 Å². The highest BCUT2D eigenvalue weighted by atomic mass is 16.3. The van der Waals surface area contributed by atoms with Crippen LogP contribution in [0.3, 0.4) is 0 Å². The monoisotopic (exact) mass is 232 g/mol. The minimum absolute atomic E-state index is 0.344. The van der Waals surface area contributed by atoms with Crippen molar-refractivity contribution in [3.63, 3.8) is 0 Å². The van der Waals surface area contributed by atoms with Gasteiger partial charge in [-0.15, -0.1) is 10.2 Å². The molecule has 17 heavy (non-hydrogen) atoms. The van der Waals surface area contributed by atoms with E-state index < -0.39 is 0 Å². The van der Waals surface area contributed by atoms with E-state index >= 15 is 0 Å². The largest absolute Gasteiger partial charge is 0.393 e. The summed E-state index contributed by atoms with van der Waals surface area (Å²) < 4.78 is 0. The second-order valence-corrected chi connectivity index (χ2v) is 4.21. The van der Waals surface area contributed by atoms with E-state index in [1.165, 1.54) is 10.4 Å². The predicted octanol–water partition coefficient (Wildman–Crippen LogP) is 1.42. The van der Waals surface area contributed by atoms with Crippen LogP contribution < -0.4 is 0 Å². The highest BCUT2D eigenvalue weighted by molar-refractivity contribution is 5.53. The van der Waals surface area contributed by atoms with Crippen molar-refractivity contribution in [1.29, 1.82) is 0 Å². The van der Waals surface area contributed by atoms with Gasteiger partial charge in [-0.2, -0.15) is 4.80 Å². The fraction of sp³-hybridized carbons (Fsp3) is 0.417. The van der Waals surface area contributed by atoms with Crippen molar-refractivity contribution in [2.45, 2.75) is 32.9 Å². The minimum Gasteiger partial charge on any atom is -0.393 e. The van der Waals surface area contributed by atoms with E-state index in [-0.39, 0.29) is 6.10 Å². The van der Waals surface area contributed by atoms with Crippen LogP contribution in [0.15, 0.2) is 24.3 Å². The summed E-state index contributed by atoms with van der Waals surface area (Å²) in [5.41, 5.74) is 2.16. The number of hydrogen-bond donors (Lipinski definition) is 1. The number of rotatable bonds is 4. The van der Waals surface area contributed by atoms with Gasteiger partial charge in [-0.1, -0.05) is 29.8 Å². The lowest BCUT2D eigenvalue weighted by Gasteiger charge is -2.01. The normalized spacial score (nSPS) is 12.6. The van der Waals surface area contributed by atoms with E-state index in [2.05, 4.69) is 15.4 Å². The molecule has 1 aromatic heterocycles. The van der Waals surface area contributed by atoms with Gasteiger partial charge >= 0.3 is 0 Å². The molecule has 0 unspecified atom stereocenters. The number of aryl methyl sites for hydroxylation is 2. The van der Waals surface area contributed by atoms with Gasteiger partial charge in [0.25, 0.3) is 0 Å². The fourth-order valence-corrected chi connectivity index (χ4v) is 1.46. The Hall–Kier alpha value is -1.75. The summed E-state index contributed by atoms with van der Waals surface area (Å²) in [6.07, 6.45) is 0.285. The van der Waals surface area contributed by atoms with E-state index in [0.717, 1.165) is 5.56 Å². The fourth-order valence-electron chi connectivity index (χ4n) is 1.46. The zero-order chi connectivity index (χ0) is 12.3. The minimum atomic E-state index is -0.344. The average Bonchev–Trinajstić information content (AvgIpc) is 2.76. The molecule has 1 atom stereocenters. The van der Waals surface area contributed by atoms with Crippen molar-refractivity contribution in [3.05, 3.63) is 29.8 Å². The molecule has 0 fully saturated rings. The number of hydrogen-bond acceptors (Lipinski definition) is 4. The first kappa shape index (κ1) is 11.7. The molecular formula is C12H16N4O. The third-order valence-corrected chi connectivity index (χ3v) is 2.51. The number of benzene rings is 1. The molecule has 0 radical (unpaired) electrons. The maximum atomic E-state index is 9.18. The summed E-state index contributed by atoms with van der Waals surface area (Å²) >= 11 is 0. The van der Waals surface area contributed by atoms with Crippen LogP contribution in [0.4, 0.5) is 0 Å². The van der Waals surface area contributed by atoms with Crippen molar-refractivity contribution in [2.75, 3.05) is 0 Å². The van der Waals surface area contributed by atoms with Crippen molar-refractivity contribution in [3.8, 4) is 11.4 Å². The average molecular weight is 232 g/mol. The van der Waals surface area contributed by atoms with Crippen LogP contribution in [0, 0.1) is 6.92 Å². The molecule has 0 aliphatic rings. The molecule has 1 N–H and O–H groups in total. The standard InChI is InChI=1S/C12H16N4O/c1-9-3-5-11(6-4-9)12-13-15-16(14-12)8-7-10(2)17/h3-6,10,17H,7-8H2,1-2H3/t10-/m0/s1. The quantitative estimate of drug-likeness (QED) is 0.865. The molecule has 0 spiro atoms. The lowest BCUT2D eigenvalue weighted by molar-refractivity contribution is 0.173. The molecule has 2 aromatic rings. The lowest BCUT2D eigenvalue weighted by atomic mass is 10.1. The van der Waals surface area contributed by atoms with Gasteiger partial charge in [0.15, 0.2) is 0 Å². The predicted molar refractivity (Wildman–Crippen MR) is 64.3 cm³/mol. The van der Waals surface area contributed by atoms with Gasteiger partial charge in [-0.3, -0.25) is 0 Å². The number of aromatic nitrogens is 4. The first-order chi connectivity index (χ1) is 8.15. The van der Waals surface area contributed by atoms with Crippen LogP contribution in [0.5, 0.6) is 0 Å². The summed E-state index contributed by atoms with van der Waals surface area (Å²) in [7, 11) is 0. The van der Waals surface area contributed by atoms with Crippen molar-refractivity contribution in [1.82, 2.24) is 20.2 Å². The van der Waals surface area contributed by atoms with E-state index in [4.69, 9.17) is 0 Å². The van der Waals surface area contributed by atoms with Crippen LogP contribution >= 0.6 is 0 Å². The van der Waals surface area contributed by atoms with E-state index in [1.54, 1.807) is 6.92 Å². The van der Waals surface area contributed by atoms with Gasteiger partial charge in [0.05, 0.1) is 12.6 Å². The Kier molecular flexibility index (Phi) is 3.49. The number of aliphatic hydroxyl groups is 1. The molecular weight excluding hydrogens is 216 g/mol. The number of nitrogens with zero attached hydrogens (tertiary/aromatic N) is 4. The molecule has 0 bridgehead atoms. The molecule has 0 saturated heterocycles. The Morgan fingerprint density at radius 1 is 1.29 bits per heavy atom. The summed E-state index contributed by atoms with van der Waals surface area (Å²) in [6.45, 7) is 4.37. The van der Waals surface area contributed by atoms with Gasteiger partial charge in [-0.25, -0.2) is 0 Å². The van der Waals surface area contributed by atoms with Gasteiger partial charge < -0.3 is 5.11 Å². The molecule has 5 heteroatoms. The highest BCUT2D eigenvalue weighted by Crippen LogP contribution is 2.13. The van der Waals surface area contributed by atoms with Crippen LogP contribution in [0.25, 0.3) is 11.4 Å². The van der Waals surface area contributed by atoms with Crippen molar-refractivity contribution >= 4 is 0 Å². The zero-order valence-corrected chi connectivity index (χ0v) is 10.0. The molecule has 90 valence electrons. The third-order valence-electron chi connectivity index (χ3n) is 2.51. The Balaban J connectivity index is 2.10. The lowest BCUT2D eigenvalue weighted by Crippen LogP contribution is -2.09. The second-order valence-electron chi connectivity index (χ2n) is 4.21. The molecule has 5 nitrogen and oxygen atoms in total. The van der Waals surface area contributed by atoms with Crippen LogP contribution in [-0.4, -0.2) is 31.4 Å². The molecule has 0 amide bonds. The van der Waals surface area contributed by atoms with Crippen LogP contribution in [0.2, 0.25) is 0 Å². The smallest absolute Gasteiger partial charge is 0.204 e. The summed E-state index contributed by atoms with van der Waals surface area (Å²) in [5, 5.41) is 21.4. The zero-order valence-electron chi connectivity index (χ0n) is 10.0. The van der Waals surface area contributed by atoms with Gasteiger partial charge in [0.1, 0.15) is 0 Å². The number of aliphatic hydroxyl groups excluding tert-OH is 1. The summed E-state index contributed by atoms with van der Waals surface area (Å²) in [5.74, 6) is 0.621. The first-order valence-electron chi connectivity index (χ1n) is 5.68. The van der Waals surface area contributed by atoms with E-state index in [9.17, 15) is 5.11 Å². The highest BCUT2D eigenvalue weighted by Gasteiger charge is 2.06. The number of tetrazole rings is 1. The summed E-state index contributed by atoms with van der Waals surface area (Å²) in [4.78, 5) is 1.52. The van der Waals surface area contributed by atoms with Crippen molar-refractivity contribution in [2.24, 2.45) is 0 Å². The summed E-state index contributed by atoms with van der Waals surface area (Å²) in [6, 6.07) is 7.99. The maximum Gasteiger partial charge on any atom is 0.204 e. The Morgan fingerprint density at radius 2 is 2.00 bits per heavy atom.